The number of carbonyl (C=O) groups excluding carboxylic acids is 2. The highest BCUT2D eigenvalue weighted by atomic mass is 16.5. The Morgan fingerprint density at radius 3 is 1.87 bits per heavy atom. The van der Waals surface area contributed by atoms with E-state index in [0.717, 1.165) is 6.08 Å². The number of rotatable bonds is 9. The predicted octanol–water partition coefficient (Wildman–Crippen LogP) is 2.91. The van der Waals surface area contributed by atoms with Crippen molar-refractivity contribution in [3.63, 3.8) is 0 Å². The molecule has 0 unspecified atom stereocenters. The zero-order chi connectivity index (χ0) is 22.4. The van der Waals surface area contributed by atoms with E-state index < -0.39 is 17.5 Å². The molecule has 9 nitrogen and oxygen atoms in total. The van der Waals surface area contributed by atoms with Gasteiger partial charge in [0, 0.05) is 12.1 Å². The Bertz CT molecular complexity index is 992. The van der Waals surface area contributed by atoms with Gasteiger partial charge in [-0.2, -0.15) is 0 Å². The molecule has 0 aliphatic rings. The molecule has 30 heavy (non-hydrogen) atoms. The van der Waals surface area contributed by atoms with Gasteiger partial charge in [-0.05, 0) is 13.0 Å². The summed E-state index contributed by atoms with van der Waals surface area (Å²) in [7, 11) is 7.23. The van der Waals surface area contributed by atoms with Crippen LogP contribution in [0, 0.1) is 0 Å². The summed E-state index contributed by atoms with van der Waals surface area (Å²) >= 11 is 0. The number of carbonyl (C=O) groups is 2. The smallest absolute Gasteiger partial charge is 0.379 e. The van der Waals surface area contributed by atoms with Crippen molar-refractivity contribution >= 4 is 28.3 Å². The van der Waals surface area contributed by atoms with Gasteiger partial charge in [0.1, 0.15) is 23.0 Å². The topological polar surface area (TPSA) is 110 Å². The first-order valence-corrected chi connectivity index (χ1v) is 8.88. The normalized spacial score (nSPS) is 11.1. The maximum Gasteiger partial charge on any atom is 0.379 e. The zero-order valence-corrected chi connectivity index (χ0v) is 17.7. The molecule has 0 aliphatic carbocycles. The molecule has 0 aromatic heterocycles. The first-order chi connectivity index (χ1) is 14.4. The second-order valence-corrected chi connectivity index (χ2v) is 5.84. The monoisotopic (exact) mass is 420 g/mol. The van der Waals surface area contributed by atoms with Crippen molar-refractivity contribution in [3.8, 4) is 28.7 Å². The molecule has 0 saturated carbocycles. The van der Waals surface area contributed by atoms with Crippen LogP contribution in [0.4, 0.5) is 0 Å². The summed E-state index contributed by atoms with van der Waals surface area (Å²) in [4.78, 5) is 23.6. The molecular weight excluding hydrogens is 396 g/mol. The van der Waals surface area contributed by atoms with Crippen molar-refractivity contribution in [2.75, 3.05) is 42.2 Å². The Kier molecular flexibility index (Phi) is 7.35. The Morgan fingerprint density at radius 2 is 1.37 bits per heavy atom. The standard InChI is InChI=1S/C21H24O9/c1-7-30-21(24)13(23)9-12(22)11-8-14(25-2)18-17(19(11)28-5)15(26-3)10-16(27-4)20(18)29-6/h8-10,22H,7H2,1-6H3/b12-9-. The van der Waals surface area contributed by atoms with Crippen molar-refractivity contribution in [3.05, 3.63) is 23.8 Å². The summed E-state index contributed by atoms with van der Waals surface area (Å²) in [5, 5.41) is 11.5. The maximum absolute atomic E-state index is 12.0. The minimum Gasteiger partial charge on any atom is -0.507 e. The minimum atomic E-state index is -1.08. The van der Waals surface area contributed by atoms with E-state index in [1.807, 2.05) is 0 Å². The van der Waals surface area contributed by atoms with Gasteiger partial charge in [0.2, 0.25) is 0 Å². The van der Waals surface area contributed by atoms with Gasteiger partial charge in [-0.3, -0.25) is 4.79 Å². The van der Waals surface area contributed by atoms with Crippen molar-refractivity contribution in [1.29, 1.82) is 0 Å². The number of hydrogen-bond acceptors (Lipinski definition) is 9. The fraction of sp³-hybridized carbons (Fsp3) is 0.333. The molecule has 0 atom stereocenters. The summed E-state index contributed by atoms with van der Waals surface area (Å²) < 4.78 is 32.0. The van der Waals surface area contributed by atoms with Crippen molar-refractivity contribution < 1.29 is 43.1 Å². The van der Waals surface area contributed by atoms with Gasteiger partial charge in [-0.1, -0.05) is 0 Å². The number of aliphatic hydroxyl groups is 1. The highest BCUT2D eigenvalue weighted by molar-refractivity contribution is 6.39. The van der Waals surface area contributed by atoms with Crippen LogP contribution >= 0.6 is 0 Å². The summed E-state index contributed by atoms with van der Waals surface area (Å²) in [6.45, 7) is 1.60. The van der Waals surface area contributed by atoms with Crippen LogP contribution in [0.1, 0.15) is 12.5 Å². The number of aliphatic hydroxyl groups excluding tert-OH is 1. The summed E-state index contributed by atoms with van der Waals surface area (Å²) in [6.07, 6.45) is 0.758. The molecule has 9 heteroatoms. The third-order valence-corrected chi connectivity index (χ3v) is 4.29. The molecule has 0 aliphatic heterocycles. The molecule has 0 bridgehead atoms. The van der Waals surface area contributed by atoms with Crippen molar-refractivity contribution in [1.82, 2.24) is 0 Å². The molecule has 0 spiro atoms. The Balaban J connectivity index is 2.89. The number of ether oxygens (including phenoxy) is 6. The minimum absolute atomic E-state index is 0.0329. The molecule has 0 heterocycles. The summed E-state index contributed by atoms with van der Waals surface area (Å²) in [5.74, 6) is -1.04. The van der Waals surface area contributed by atoms with Crippen LogP contribution in [0.3, 0.4) is 0 Å². The highest BCUT2D eigenvalue weighted by Gasteiger charge is 2.26. The van der Waals surface area contributed by atoms with E-state index in [1.54, 1.807) is 13.0 Å². The zero-order valence-electron chi connectivity index (χ0n) is 17.7. The highest BCUT2D eigenvalue weighted by Crippen LogP contribution is 2.51. The molecule has 2 aromatic carbocycles. The van der Waals surface area contributed by atoms with Crippen LogP contribution in [-0.4, -0.2) is 59.0 Å². The number of ketones is 1. The fourth-order valence-corrected chi connectivity index (χ4v) is 3.02. The van der Waals surface area contributed by atoms with E-state index >= 15 is 0 Å². The third-order valence-electron chi connectivity index (χ3n) is 4.29. The van der Waals surface area contributed by atoms with E-state index in [-0.39, 0.29) is 17.9 Å². The first kappa shape index (κ1) is 22.7. The lowest BCUT2D eigenvalue weighted by Crippen LogP contribution is -2.15. The number of esters is 1. The fourth-order valence-electron chi connectivity index (χ4n) is 3.02. The SMILES string of the molecule is CCOC(=O)C(=O)/C=C(\O)c1cc(OC)c2c(OC)c(OC)cc(OC)c2c1OC. The maximum atomic E-state index is 12.0. The van der Waals surface area contributed by atoms with Crippen LogP contribution in [-0.2, 0) is 14.3 Å². The van der Waals surface area contributed by atoms with E-state index in [2.05, 4.69) is 4.74 Å². The Hall–Kier alpha value is -3.62. The van der Waals surface area contributed by atoms with Gasteiger partial charge in [0.25, 0.3) is 5.78 Å². The van der Waals surface area contributed by atoms with Crippen LogP contribution in [0.15, 0.2) is 18.2 Å². The molecule has 2 aromatic rings. The lowest BCUT2D eigenvalue weighted by molar-refractivity contribution is -0.151. The number of methoxy groups -OCH3 is 5. The van der Waals surface area contributed by atoms with E-state index in [9.17, 15) is 14.7 Å². The molecule has 0 fully saturated rings. The number of benzene rings is 2. The van der Waals surface area contributed by atoms with E-state index in [0.29, 0.717) is 33.8 Å². The molecule has 0 saturated heterocycles. The number of hydrogen-bond donors (Lipinski definition) is 1. The largest absolute Gasteiger partial charge is 0.507 e. The van der Waals surface area contributed by atoms with E-state index in [1.165, 1.54) is 41.6 Å². The van der Waals surface area contributed by atoms with Gasteiger partial charge >= 0.3 is 5.97 Å². The average molecular weight is 420 g/mol. The van der Waals surface area contributed by atoms with Crippen molar-refractivity contribution in [2.24, 2.45) is 0 Å². The second-order valence-electron chi connectivity index (χ2n) is 5.84. The third kappa shape index (κ3) is 4.05. The van der Waals surface area contributed by atoms with Crippen molar-refractivity contribution in [2.45, 2.75) is 6.92 Å². The summed E-state index contributed by atoms with van der Waals surface area (Å²) in [6, 6.07) is 3.05. The average Bonchev–Trinajstić information content (AvgIpc) is 2.76. The van der Waals surface area contributed by atoms with Gasteiger partial charge in [0.15, 0.2) is 11.5 Å². The lowest BCUT2D eigenvalue weighted by Gasteiger charge is -2.20. The molecule has 0 radical (unpaired) electrons. The number of fused-ring (bicyclic) bond motifs is 1. The lowest BCUT2D eigenvalue weighted by atomic mass is 9.99. The van der Waals surface area contributed by atoms with Crippen LogP contribution in [0.2, 0.25) is 0 Å². The van der Waals surface area contributed by atoms with Gasteiger partial charge < -0.3 is 33.5 Å². The molecule has 2 rings (SSSR count). The molecule has 162 valence electrons. The van der Waals surface area contributed by atoms with Gasteiger partial charge in [-0.25, -0.2) is 4.79 Å². The quantitative estimate of drug-likeness (QED) is 0.283. The summed E-state index contributed by atoms with van der Waals surface area (Å²) in [5.41, 5.74) is 0.102. The molecular formula is C21H24O9. The predicted molar refractivity (Wildman–Crippen MR) is 109 cm³/mol. The second kappa shape index (κ2) is 9.73. The Labute approximate surface area is 173 Å². The van der Waals surface area contributed by atoms with Crippen LogP contribution in [0.25, 0.3) is 16.5 Å². The van der Waals surface area contributed by atoms with Crippen LogP contribution in [0.5, 0.6) is 28.7 Å². The van der Waals surface area contributed by atoms with Gasteiger partial charge in [-0.15, -0.1) is 0 Å². The first-order valence-electron chi connectivity index (χ1n) is 8.88. The van der Waals surface area contributed by atoms with E-state index in [4.69, 9.17) is 23.7 Å². The van der Waals surface area contributed by atoms with Gasteiger partial charge in [0.05, 0.1) is 58.5 Å². The Morgan fingerprint density at radius 1 is 0.833 bits per heavy atom. The molecule has 1 N–H and O–H groups in total. The van der Waals surface area contributed by atoms with Crippen LogP contribution < -0.4 is 23.7 Å². The molecule has 0 amide bonds.